The van der Waals surface area contributed by atoms with Gasteiger partial charge in [-0.25, -0.2) is 4.98 Å². The Labute approximate surface area is 156 Å². The zero-order valence-electron chi connectivity index (χ0n) is 15.3. The van der Waals surface area contributed by atoms with Gasteiger partial charge in [0.2, 0.25) is 24.6 Å². The quantitative estimate of drug-likeness (QED) is 0.675. The standard InChI is InChI=1S/C18H22N4O5/c1-22-13(12-3-4-14-15(9-12)27-11-26-14)10-20-18(22)21-17(24)6-5-16(23)19-7-8-25-2/h3-4,9-10H,5-8,11H2,1-2H3,(H,19,23)(H,20,21,24). The van der Waals surface area contributed by atoms with Crippen LogP contribution in [0.4, 0.5) is 5.95 Å². The summed E-state index contributed by atoms with van der Waals surface area (Å²) in [5.74, 6) is 1.33. The van der Waals surface area contributed by atoms with Crippen molar-refractivity contribution in [1.82, 2.24) is 14.9 Å². The lowest BCUT2D eigenvalue weighted by molar-refractivity contribution is -0.124. The van der Waals surface area contributed by atoms with E-state index in [2.05, 4.69) is 15.6 Å². The number of aromatic nitrogens is 2. The number of hydrogen-bond donors (Lipinski definition) is 2. The lowest BCUT2D eigenvalue weighted by Gasteiger charge is -2.08. The Morgan fingerprint density at radius 2 is 2.00 bits per heavy atom. The number of benzene rings is 1. The summed E-state index contributed by atoms with van der Waals surface area (Å²) < 4.78 is 17.3. The summed E-state index contributed by atoms with van der Waals surface area (Å²) in [7, 11) is 3.37. The van der Waals surface area contributed by atoms with Crippen LogP contribution in [0.2, 0.25) is 0 Å². The second kappa shape index (κ2) is 8.54. The van der Waals surface area contributed by atoms with Crippen LogP contribution in [0, 0.1) is 0 Å². The van der Waals surface area contributed by atoms with Crippen LogP contribution in [0.25, 0.3) is 11.3 Å². The number of methoxy groups -OCH3 is 1. The first-order chi connectivity index (χ1) is 13.1. The summed E-state index contributed by atoms with van der Waals surface area (Å²) in [6.45, 7) is 1.08. The van der Waals surface area contributed by atoms with Crippen LogP contribution in [0.15, 0.2) is 24.4 Å². The molecule has 2 N–H and O–H groups in total. The molecule has 27 heavy (non-hydrogen) atoms. The number of rotatable bonds is 8. The number of amides is 2. The molecule has 3 rings (SSSR count). The molecule has 0 saturated carbocycles. The van der Waals surface area contributed by atoms with Crippen molar-refractivity contribution in [1.29, 1.82) is 0 Å². The fourth-order valence-electron chi connectivity index (χ4n) is 2.64. The molecule has 0 radical (unpaired) electrons. The second-order valence-electron chi connectivity index (χ2n) is 5.99. The Morgan fingerprint density at radius 3 is 2.81 bits per heavy atom. The van der Waals surface area contributed by atoms with E-state index >= 15 is 0 Å². The molecule has 1 aromatic heterocycles. The Kier molecular flexibility index (Phi) is 5.92. The van der Waals surface area contributed by atoms with Gasteiger partial charge in [-0.1, -0.05) is 0 Å². The molecular weight excluding hydrogens is 352 g/mol. The van der Waals surface area contributed by atoms with Gasteiger partial charge in [0.25, 0.3) is 0 Å². The first kappa shape index (κ1) is 18.7. The first-order valence-corrected chi connectivity index (χ1v) is 8.55. The van der Waals surface area contributed by atoms with Crippen molar-refractivity contribution < 1.29 is 23.8 Å². The van der Waals surface area contributed by atoms with Gasteiger partial charge in [-0.15, -0.1) is 0 Å². The highest BCUT2D eigenvalue weighted by atomic mass is 16.7. The van der Waals surface area contributed by atoms with Crippen LogP contribution < -0.4 is 20.1 Å². The van der Waals surface area contributed by atoms with E-state index in [0.29, 0.717) is 30.6 Å². The minimum absolute atomic E-state index is 0.0744. The second-order valence-corrected chi connectivity index (χ2v) is 5.99. The van der Waals surface area contributed by atoms with Gasteiger partial charge in [-0.3, -0.25) is 14.9 Å². The van der Waals surface area contributed by atoms with E-state index in [9.17, 15) is 9.59 Å². The molecule has 0 aliphatic carbocycles. The Morgan fingerprint density at radius 1 is 1.22 bits per heavy atom. The molecule has 0 bridgehead atoms. The molecule has 0 saturated heterocycles. The molecule has 144 valence electrons. The molecule has 1 aliphatic rings. The van der Waals surface area contributed by atoms with Gasteiger partial charge in [0.05, 0.1) is 18.5 Å². The van der Waals surface area contributed by atoms with Crippen LogP contribution in [-0.2, 0) is 21.4 Å². The van der Waals surface area contributed by atoms with E-state index < -0.39 is 0 Å². The van der Waals surface area contributed by atoms with Gasteiger partial charge in [-0.2, -0.15) is 0 Å². The molecule has 1 aromatic carbocycles. The zero-order valence-corrected chi connectivity index (χ0v) is 15.3. The molecule has 9 heteroatoms. The zero-order chi connectivity index (χ0) is 19.2. The topological polar surface area (TPSA) is 104 Å². The molecule has 9 nitrogen and oxygen atoms in total. The average molecular weight is 374 g/mol. The SMILES string of the molecule is COCCNC(=O)CCC(=O)Nc1ncc(-c2ccc3c(c2)OCO3)n1C. The van der Waals surface area contributed by atoms with E-state index in [0.717, 1.165) is 11.3 Å². The van der Waals surface area contributed by atoms with Gasteiger partial charge in [0.15, 0.2) is 11.5 Å². The van der Waals surface area contributed by atoms with Crippen molar-refractivity contribution in [2.24, 2.45) is 7.05 Å². The monoisotopic (exact) mass is 374 g/mol. The molecular formula is C18H22N4O5. The molecule has 0 atom stereocenters. The molecule has 1 aliphatic heterocycles. The fourth-order valence-corrected chi connectivity index (χ4v) is 2.64. The number of nitrogens with zero attached hydrogens (tertiary/aromatic N) is 2. The summed E-state index contributed by atoms with van der Waals surface area (Å²) in [6, 6.07) is 5.61. The van der Waals surface area contributed by atoms with E-state index in [1.165, 1.54) is 0 Å². The predicted octanol–water partition coefficient (Wildman–Crippen LogP) is 1.30. The highest BCUT2D eigenvalue weighted by Gasteiger charge is 2.17. The maximum atomic E-state index is 12.1. The van der Waals surface area contributed by atoms with Crippen molar-refractivity contribution in [2.45, 2.75) is 12.8 Å². The summed E-state index contributed by atoms with van der Waals surface area (Å²) >= 11 is 0. The van der Waals surface area contributed by atoms with Gasteiger partial charge in [0.1, 0.15) is 0 Å². The summed E-state index contributed by atoms with van der Waals surface area (Å²) in [5.41, 5.74) is 1.72. The van der Waals surface area contributed by atoms with Crippen LogP contribution >= 0.6 is 0 Å². The van der Waals surface area contributed by atoms with E-state index in [1.807, 2.05) is 18.2 Å². The van der Waals surface area contributed by atoms with Gasteiger partial charge >= 0.3 is 0 Å². The lowest BCUT2D eigenvalue weighted by Crippen LogP contribution is -2.28. The van der Waals surface area contributed by atoms with Crippen LogP contribution in [0.3, 0.4) is 0 Å². The van der Waals surface area contributed by atoms with Crippen LogP contribution in [0.5, 0.6) is 11.5 Å². The van der Waals surface area contributed by atoms with Crippen LogP contribution in [0.1, 0.15) is 12.8 Å². The molecule has 2 heterocycles. The number of carbonyl (C=O) groups is 2. The summed E-state index contributed by atoms with van der Waals surface area (Å²) in [4.78, 5) is 28.0. The van der Waals surface area contributed by atoms with Crippen molar-refractivity contribution in [3.8, 4) is 22.8 Å². The third-order valence-electron chi connectivity index (χ3n) is 4.12. The molecule has 0 spiro atoms. The number of imidazole rings is 1. The molecule has 0 fully saturated rings. The average Bonchev–Trinajstić information content (AvgIpc) is 3.26. The summed E-state index contributed by atoms with van der Waals surface area (Å²) in [5, 5.41) is 5.40. The minimum atomic E-state index is -0.275. The van der Waals surface area contributed by atoms with Gasteiger partial charge < -0.3 is 24.1 Å². The van der Waals surface area contributed by atoms with E-state index in [-0.39, 0.29) is 31.4 Å². The number of fused-ring (bicyclic) bond motifs is 1. The van der Waals surface area contributed by atoms with Crippen LogP contribution in [-0.4, -0.2) is 48.4 Å². The predicted molar refractivity (Wildman–Crippen MR) is 97.5 cm³/mol. The molecule has 2 amide bonds. The number of ether oxygens (including phenoxy) is 3. The normalized spacial score (nSPS) is 12.1. The van der Waals surface area contributed by atoms with E-state index in [4.69, 9.17) is 14.2 Å². The third-order valence-corrected chi connectivity index (χ3v) is 4.12. The van der Waals surface area contributed by atoms with Gasteiger partial charge in [-0.05, 0) is 18.2 Å². The Hall–Kier alpha value is -3.07. The highest BCUT2D eigenvalue weighted by molar-refractivity contribution is 5.92. The Bertz CT molecular complexity index is 833. The van der Waals surface area contributed by atoms with E-state index in [1.54, 1.807) is 24.9 Å². The van der Waals surface area contributed by atoms with Crippen molar-refractivity contribution in [3.63, 3.8) is 0 Å². The number of carbonyl (C=O) groups excluding carboxylic acids is 2. The fraction of sp³-hybridized carbons (Fsp3) is 0.389. The molecule has 0 unspecified atom stereocenters. The molecule has 2 aromatic rings. The number of nitrogens with one attached hydrogen (secondary N) is 2. The smallest absolute Gasteiger partial charge is 0.231 e. The minimum Gasteiger partial charge on any atom is -0.454 e. The number of hydrogen-bond acceptors (Lipinski definition) is 6. The number of anilines is 1. The Balaban J connectivity index is 1.57. The maximum absolute atomic E-state index is 12.1. The largest absolute Gasteiger partial charge is 0.454 e. The summed E-state index contributed by atoms with van der Waals surface area (Å²) in [6.07, 6.45) is 1.85. The van der Waals surface area contributed by atoms with Gasteiger partial charge in [0, 0.05) is 39.1 Å². The van der Waals surface area contributed by atoms with Crippen molar-refractivity contribution >= 4 is 17.8 Å². The highest BCUT2D eigenvalue weighted by Crippen LogP contribution is 2.36. The maximum Gasteiger partial charge on any atom is 0.231 e. The van der Waals surface area contributed by atoms with Crippen molar-refractivity contribution in [3.05, 3.63) is 24.4 Å². The third kappa shape index (κ3) is 4.56. The first-order valence-electron chi connectivity index (χ1n) is 8.55. The lowest BCUT2D eigenvalue weighted by atomic mass is 10.1. The van der Waals surface area contributed by atoms with Crippen molar-refractivity contribution in [2.75, 3.05) is 32.4 Å².